The highest BCUT2D eigenvalue weighted by molar-refractivity contribution is 5.79. The Kier molecular flexibility index (Phi) is 3.60. The molecule has 0 bridgehead atoms. The lowest BCUT2D eigenvalue weighted by atomic mass is 10.3. The average molecular weight is 264 g/mol. The van der Waals surface area contributed by atoms with Crippen LogP contribution in [0.5, 0.6) is 0 Å². The van der Waals surface area contributed by atoms with Crippen LogP contribution in [0.3, 0.4) is 0 Å². The van der Waals surface area contributed by atoms with E-state index in [1.807, 2.05) is 0 Å². The molecule has 2 aromatic heterocycles. The van der Waals surface area contributed by atoms with Crippen molar-refractivity contribution in [3.63, 3.8) is 0 Å². The normalized spacial score (nSPS) is 12.1. The Morgan fingerprint density at radius 3 is 3.05 bits per heavy atom. The molecule has 0 unspecified atom stereocenters. The fourth-order valence-corrected chi connectivity index (χ4v) is 1.49. The van der Waals surface area contributed by atoms with Gasteiger partial charge in [0.15, 0.2) is 0 Å². The van der Waals surface area contributed by atoms with Gasteiger partial charge in [-0.1, -0.05) is 0 Å². The van der Waals surface area contributed by atoms with Crippen LogP contribution >= 0.6 is 0 Å². The molecule has 1 atom stereocenters. The van der Waals surface area contributed by atoms with Gasteiger partial charge in [0, 0.05) is 0 Å². The van der Waals surface area contributed by atoms with Crippen molar-refractivity contribution < 1.29 is 14.1 Å². The van der Waals surface area contributed by atoms with Gasteiger partial charge < -0.3 is 9.73 Å². The summed E-state index contributed by atoms with van der Waals surface area (Å²) in [5, 5.41) is 17.0. The molecule has 8 nitrogen and oxygen atoms in total. The third-order valence-corrected chi connectivity index (χ3v) is 2.59. The molecule has 0 spiro atoms. The number of nitrogens with zero attached hydrogens (tertiary/aromatic N) is 3. The maximum atomic E-state index is 11.8. The molecule has 1 amide bonds. The molecule has 100 valence electrons. The summed E-state index contributed by atoms with van der Waals surface area (Å²) < 4.78 is 6.32. The lowest BCUT2D eigenvalue weighted by Gasteiger charge is -2.11. The Labute approximate surface area is 108 Å². The largest absolute Gasteiger partial charge is 0.467 e. The van der Waals surface area contributed by atoms with Crippen LogP contribution in [0.15, 0.2) is 35.2 Å². The number of nitrogens with one attached hydrogen (secondary N) is 1. The van der Waals surface area contributed by atoms with Crippen molar-refractivity contribution in [3.8, 4) is 0 Å². The summed E-state index contributed by atoms with van der Waals surface area (Å²) in [6, 6.07) is 2.83. The Bertz CT molecular complexity index is 575. The van der Waals surface area contributed by atoms with E-state index in [0.717, 1.165) is 6.20 Å². The summed E-state index contributed by atoms with van der Waals surface area (Å²) in [6.45, 7) is 1.87. The summed E-state index contributed by atoms with van der Waals surface area (Å²) in [6.07, 6.45) is 3.84. The van der Waals surface area contributed by atoms with Gasteiger partial charge in [-0.05, 0) is 19.1 Å². The second kappa shape index (κ2) is 5.34. The zero-order chi connectivity index (χ0) is 13.8. The fourth-order valence-electron chi connectivity index (χ4n) is 1.49. The van der Waals surface area contributed by atoms with Crippen molar-refractivity contribution in [2.45, 2.75) is 19.5 Å². The van der Waals surface area contributed by atoms with Crippen molar-refractivity contribution >= 4 is 11.6 Å². The molecule has 0 aliphatic carbocycles. The molecular weight excluding hydrogens is 252 g/mol. The maximum absolute atomic E-state index is 11.8. The highest BCUT2D eigenvalue weighted by Crippen LogP contribution is 2.13. The van der Waals surface area contributed by atoms with Gasteiger partial charge in [0.1, 0.15) is 24.2 Å². The van der Waals surface area contributed by atoms with E-state index >= 15 is 0 Å². The first kappa shape index (κ1) is 12.8. The van der Waals surface area contributed by atoms with Gasteiger partial charge in [0.05, 0.1) is 17.7 Å². The molecule has 0 saturated carbocycles. The van der Waals surface area contributed by atoms with Crippen molar-refractivity contribution in [3.05, 3.63) is 46.7 Å². The van der Waals surface area contributed by atoms with Crippen molar-refractivity contribution in [1.82, 2.24) is 15.1 Å². The molecule has 2 rings (SSSR count). The quantitative estimate of drug-likeness (QED) is 0.646. The zero-order valence-electron chi connectivity index (χ0n) is 10.1. The number of hydrogen-bond donors (Lipinski definition) is 1. The molecule has 19 heavy (non-hydrogen) atoms. The molecule has 0 saturated heterocycles. The molecule has 0 aliphatic heterocycles. The topological polar surface area (TPSA) is 103 Å². The summed E-state index contributed by atoms with van der Waals surface area (Å²) in [7, 11) is 0. The number of hydrogen-bond acceptors (Lipinski definition) is 5. The summed E-state index contributed by atoms with van der Waals surface area (Å²) in [5.74, 6) is 0.335. The van der Waals surface area contributed by atoms with Gasteiger partial charge in [-0.3, -0.25) is 19.6 Å². The SMILES string of the molecule is C[C@H](C(=O)NCc1ccco1)n1cc([N+](=O)[O-])cn1. The Morgan fingerprint density at radius 1 is 1.68 bits per heavy atom. The molecule has 0 fully saturated rings. The molecule has 2 aromatic rings. The van der Waals surface area contributed by atoms with Crippen molar-refractivity contribution in [2.75, 3.05) is 0 Å². The van der Waals surface area contributed by atoms with Gasteiger partial charge in [0.25, 0.3) is 0 Å². The van der Waals surface area contributed by atoms with Crippen LogP contribution in [0.2, 0.25) is 0 Å². The van der Waals surface area contributed by atoms with E-state index in [2.05, 4.69) is 10.4 Å². The van der Waals surface area contributed by atoms with Crippen LogP contribution < -0.4 is 5.32 Å². The van der Waals surface area contributed by atoms with Crippen molar-refractivity contribution in [1.29, 1.82) is 0 Å². The van der Waals surface area contributed by atoms with Crippen LogP contribution in [-0.4, -0.2) is 20.6 Å². The van der Waals surface area contributed by atoms with E-state index in [-0.39, 0.29) is 18.1 Å². The molecule has 0 aliphatic rings. The van der Waals surface area contributed by atoms with E-state index in [1.165, 1.54) is 17.1 Å². The summed E-state index contributed by atoms with van der Waals surface area (Å²) >= 11 is 0. The van der Waals surface area contributed by atoms with Gasteiger partial charge >= 0.3 is 5.69 Å². The number of carbonyl (C=O) groups excluding carboxylic acids is 1. The number of nitro groups is 1. The van der Waals surface area contributed by atoms with E-state index in [0.29, 0.717) is 5.76 Å². The van der Waals surface area contributed by atoms with Crippen molar-refractivity contribution in [2.24, 2.45) is 0 Å². The third-order valence-electron chi connectivity index (χ3n) is 2.59. The molecule has 0 radical (unpaired) electrons. The smallest absolute Gasteiger partial charge is 0.307 e. The Morgan fingerprint density at radius 2 is 2.47 bits per heavy atom. The van der Waals surface area contributed by atoms with Gasteiger partial charge in [-0.25, -0.2) is 0 Å². The predicted octanol–water partition coefficient (Wildman–Crippen LogP) is 1.26. The lowest BCUT2D eigenvalue weighted by Crippen LogP contribution is -2.30. The van der Waals surface area contributed by atoms with Crippen LogP contribution in [0.25, 0.3) is 0 Å². The first-order valence-corrected chi connectivity index (χ1v) is 5.56. The number of furan rings is 1. The number of aromatic nitrogens is 2. The predicted molar refractivity (Wildman–Crippen MR) is 64.1 cm³/mol. The second-order valence-electron chi connectivity index (χ2n) is 3.91. The van der Waals surface area contributed by atoms with Crippen LogP contribution in [0.1, 0.15) is 18.7 Å². The van der Waals surface area contributed by atoms with E-state index < -0.39 is 11.0 Å². The minimum atomic E-state index is -0.635. The Hall–Kier alpha value is -2.64. The minimum absolute atomic E-state index is 0.148. The molecule has 0 aromatic carbocycles. The maximum Gasteiger partial charge on any atom is 0.307 e. The molecule has 1 N–H and O–H groups in total. The second-order valence-corrected chi connectivity index (χ2v) is 3.91. The number of rotatable bonds is 5. The van der Waals surface area contributed by atoms with Gasteiger partial charge in [0.2, 0.25) is 5.91 Å². The van der Waals surface area contributed by atoms with Crippen LogP contribution in [0, 0.1) is 10.1 Å². The van der Waals surface area contributed by atoms with Gasteiger partial charge in [-0.15, -0.1) is 0 Å². The highest BCUT2D eigenvalue weighted by atomic mass is 16.6. The van der Waals surface area contributed by atoms with E-state index in [9.17, 15) is 14.9 Å². The number of amides is 1. The fraction of sp³-hybridized carbons (Fsp3) is 0.273. The lowest BCUT2D eigenvalue weighted by molar-refractivity contribution is -0.385. The monoisotopic (exact) mass is 264 g/mol. The Balaban J connectivity index is 1.96. The zero-order valence-corrected chi connectivity index (χ0v) is 10.1. The third kappa shape index (κ3) is 2.97. The first-order chi connectivity index (χ1) is 9.08. The van der Waals surface area contributed by atoms with Gasteiger partial charge in [-0.2, -0.15) is 5.10 Å². The standard InChI is InChI=1S/C11H12N4O4/c1-8(14-7-9(5-13-14)15(17)18)11(16)12-6-10-3-2-4-19-10/h2-5,7-8H,6H2,1H3,(H,12,16)/t8-/m1/s1. The average Bonchev–Trinajstić information content (AvgIpc) is 3.05. The van der Waals surface area contributed by atoms with E-state index in [4.69, 9.17) is 4.42 Å². The highest BCUT2D eigenvalue weighted by Gasteiger charge is 2.18. The van der Waals surface area contributed by atoms with Crippen LogP contribution in [0.4, 0.5) is 5.69 Å². The summed E-state index contributed by atoms with van der Waals surface area (Å²) in [5.41, 5.74) is -0.148. The first-order valence-electron chi connectivity index (χ1n) is 5.56. The molecule has 8 heteroatoms. The minimum Gasteiger partial charge on any atom is -0.467 e. The molecule has 2 heterocycles. The summed E-state index contributed by atoms with van der Waals surface area (Å²) in [4.78, 5) is 21.8. The number of carbonyl (C=O) groups is 1. The van der Waals surface area contributed by atoms with Crippen LogP contribution in [-0.2, 0) is 11.3 Å². The molecular formula is C11H12N4O4. The van der Waals surface area contributed by atoms with E-state index in [1.54, 1.807) is 19.1 Å².